The third kappa shape index (κ3) is 2.09. The van der Waals surface area contributed by atoms with Crippen molar-refractivity contribution >= 4 is 22.8 Å². The number of nitrogens with zero attached hydrogens (tertiary/aromatic N) is 4. The zero-order valence-corrected chi connectivity index (χ0v) is 11.2. The Morgan fingerprint density at radius 3 is 2.94 bits per heavy atom. The van der Waals surface area contributed by atoms with Crippen LogP contribution in [0.4, 0.5) is 5.82 Å². The summed E-state index contributed by atoms with van der Waals surface area (Å²) in [5.41, 5.74) is 0.877. The normalized spacial score (nSPS) is 11.0. The van der Waals surface area contributed by atoms with Gasteiger partial charge in [0, 0.05) is 29.1 Å². The minimum Gasteiger partial charge on any atom is -0.354 e. The number of hydrogen-bond donors (Lipinski definition) is 0. The first-order valence-electron chi connectivity index (χ1n) is 5.79. The molecule has 0 saturated heterocycles. The maximum Gasteiger partial charge on any atom is 0.157 e. The van der Waals surface area contributed by atoms with E-state index in [1.807, 2.05) is 29.7 Å². The van der Waals surface area contributed by atoms with E-state index in [9.17, 15) is 0 Å². The molecule has 0 unspecified atom stereocenters. The van der Waals surface area contributed by atoms with Crippen molar-refractivity contribution in [3.8, 4) is 0 Å². The van der Waals surface area contributed by atoms with E-state index < -0.39 is 0 Å². The van der Waals surface area contributed by atoms with E-state index in [0.717, 1.165) is 18.0 Å². The van der Waals surface area contributed by atoms with Crippen LogP contribution in [0, 0.1) is 6.92 Å². The van der Waals surface area contributed by atoms with Gasteiger partial charge in [-0.2, -0.15) is 5.10 Å². The van der Waals surface area contributed by atoms with Gasteiger partial charge in [0.25, 0.3) is 0 Å². The van der Waals surface area contributed by atoms with Gasteiger partial charge in [0.15, 0.2) is 5.65 Å². The Balaban J connectivity index is 1.84. The monoisotopic (exact) mass is 258 g/mol. The molecule has 0 aromatic carbocycles. The standard InChI is InChI=1S/C13H14N4S/c1-10-3-4-11(18-10)9-16(2)12-6-8-17-13(15-12)5-7-14-17/h3-8H,9H2,1-2H3. The van der Waals surface area contributed by atoms with Crippen LogP contribution in [-0.4, -0.2) is 21.6 Å². The maximum absolute atomic E-state index is 4.57. The zero-order chi connectivity index (χ0) is 12.5. The van der Waals surface area contributed by atoms with Crippen LogP contribution < -0.4 is 4.90 Å². The number of aromatic nitrogens is 3. The molecular formula is C13H14N4S. The van der Waals surface area contributed by atoms with Gasteiger partial charge in [-0.15, -0.1) is 11.3 Å². The van der Waals surface area contributed by atoms with Gasteiger partial charge in [0.1, 0.15) is 5.82 Å². The molecule has 3 aromatic rings. The van der Waals surface area contributed by atoms with Gasteiger partial charge in [-0.25, -0.2) is 9.50 Å². The van der Waals surface area contributed by atoms with E-state index in [-0.39, 0.29) is 0 Å². The number of aryl methyl sites for hydroxylation is 1. The number of rotatable bonds is 3. The van der Waals surface area contributed by atoms with Gasteiger partial charge in [-0.3, -0.25) is 0 Å². The predicted octanol–water partition coefficient (Wildman–Crippen LogP) is 2.74. The first kappa shape index (κ1) is 11.2. The SMILES string of the molecule is Cc1ccc(CN(C)c2ccn3nccc3n2)s1. The van der Waals surface area contributed by atoms with Crippen molar-refractivity contribution in [2.75, 3.05) is 11.9 Å². The highest BCUT2D eigenvalue weighted by molar-refractivity contribution is 7.11. The molecule has 0 amide bonds. The Bertz CT molecular complexity index is 670. The van der Waals surface area contributed by atoms with Crippen LogP contribution in [0.2, 0.25) is 0 Å². The van der Waals surface area contributed by atoms with Crippen LogP contribution in [0.3, 0.4) is 0 Å². The van der Waals surface area contributed by atoms with E-state index in [2.05, 4.69) is 41.1 Å². The lowest BCUT2D eigenvalue weighted by Crippen LogP contribution is -2.17. The molecule has 0 atom stereocenters. The molecule has 0 aliphatic heterocycles. The summed E-state index contributed by atoms with van der Waals surface area (Å²) in [6.07, 6.45) is 3.70. The van der Waals surface area contributed by atoms with E-state index in [0.29, 0.717) is 0 Å². The van der Waals surface area contributed by atoms with Crippen molar-refractivity contribution in [2.24, 2.45) is 0 Å². The molecule has 3 aromatic heterocycles. The van der Waals surface area contributed by atoms with E-state index >= 15 is 0 Å². The van der Waals surface area contributed by atoms with Crippen LogP contribution in [0.25, 0.3) is 5.65 Å². The molecule has 0 saturated carbocycles. The van der Waals surface area contributed by atoms with Gasteiger partial charge in [0.2, 0.25) is 0 Å². The van der Waals surface area contributed by atoms with E-state index in [4.69, 9.17) is 0 Å². The molecule has 0 N–H and O–H groups in total. The summed E-state index contributed by atoms with van der Waals surface area (Å²) in [7, 11) is 2.06. The number of fused-ring (bicyclic) bond motifs is 1. The van der Waals surface area contributed by atoms with Crippen LogP contribution >= 0.6 is 11.3 Å². The molecule has 4 nitrogen and oxygen atoms in total. The second-order valence-corrected chi connectivity index (χ2v) is 5.66. The first-order chi connectivity index (χ1) is 8.72. The molecule has 18 heavy (non-hydrogen) atoms. The molecule has 0 aliphatic carbocycles. The third-order valence-electron chi connectivity index (χ3n) is 2.82. The highest BCUT2D eigenvalue weighted by Crippen LogP contribution is 2.19. The molecule has 92 valence electrons. The molecule has 3 rings (SSSR count). The molecular weight excluding hydrogens is 244 g/mol. The van der Waals surface area contributed by atoms with Gasteiger partial charge < -0.3 is 4.90 Å². The fourth-order valence-corrected chi connectivity index (χ4v) is 2.84. The smallest absolute Gasteiger partial charge is 0.157 e. The number of anilines is 1. The minimum atomic E-state index is 0.877. The molecule has 0 radical (unpaired) electrons. The van der Waals surface area contributed by atoms with Crippen LogP contribution in [-0.2, 0) is 6.54 Å². The predicted molar refractivity (Wildman–Crippen MR) is 74.2 cm³/mol. The summed E-state index contributed by atoms with van der Waals surface area (Å²) in [5, 5.41) is 4.14. The quantitative estimate of drug-likeness (QED) is 0.724. The summed E-state index contributed by atoms with van der Waals surface area (Å²) in [6.45, 7) is 3.01. The lowest BCUT2D eigenvalue weighted by Gasteiger charge is -2.17. The number of hydrogen-bond acceptors (Lipinski definition) is 4. The molecule has 3 heterocycles. The van der Waals surface area contributed by atoms with Crippen molar-refractivity contribution in [1.82, 2.24) is 14.6 Å². The molecule has 0 aliphatic rings. The maximum atomic E-state index is 4.57. The Morgan fingerprint density at radius 2 is 2.17 bits per heavy atom. The lowest BCUT2D eigenvalue weighted by molar-refractivity contribution is 0.886. The summed E-state index contributed by atoms with van der Waals surface area (Å²) >= 11 is 1.83. The van der Waals surface area contributed by atoms with Gasteiger partial charge in [0.05, 0.1) is 12.7 Å². The Labute approximate surface area is 110 Å². The summed E-state index contributed by atoms with van der Waals surface area (Å²) < 4.78 is 1.77. The van der Waals surface area contributed by atoms with E-state index in [1.165, 1.54) is 9.75 Å². The second kappa shape index (κ2) is 4.42. The fraction of sp³-hybridized carbons (Fsp3) is 0.231. The van der Waals surface area contributed by atoms with Gasteiger partial charge in [-0.1, -0.05) is 0 Å². The summed E-state index contributed by atoms with van der Waals surface area (Å²) in [5.74, 6) is 0.967. The Hall–Kier alpha value is -1.88. The molecule has 0 fully saturated rings. The highest BCUT2D eigenvalue weighted by atomic mass is 32.1. The topological polar surface area (TPSA) is 33.4 Å². The highest BCUT2D eigenvalue weighted by Gasteiger charge is 2.06. The minimum absolute atomic E-state index is 0.877. The average Bonchev–Trinajstić information content (AvgIpc) is 2.96. The third-order valence-corrected chi connectivity index (χ3v) is 3.81. The van der Waals surface area contributed by atoms with Gasteiger partial charge >= 0.3 is 0 Å². The summed E-state index contributed by atoms with van der Waals surface area (Å²) in [6, 6.07) is 8.22. The Kier molecular flexibility index (Phi) is 2.76. The number of thiophene rings is 1. The second-order valence-electron chi connectivity index (χ2n) is 4.29. The van der Waals surface area contributed by atoms with Crippen molar-refractivity contribution in [1.29, 1.82) is 0 Å². The van der Waals surface area contributed by atoms with Gasteiger partial charge in [-0.05, 0) is 25.1 Å². The van der Waals surface area contributed by atoms with Crippen LogP contribution in [0.5, 0.6) is 0 Å². The fourth-order valence-electron chi connectivity index (χ4n) is 1.90. The zero-order valence-electron chi connectivity index (χ0n) is 10.4. The Morgan fingerprint density at radius 1 is 1.28 bits per heavy atom. The van der Waals surface area contributed by atoms with Crippen LogP contribution in [0.15, 0.2) is 36.7 Å². The first-order valence-corrected chi connectivity index (χ1v) is 6.61. The largest absolute Gasteiger partial charge is 0.354 e. The van der Waals surface area contributed by atoms with Crippen molar-refractivity contribution in [3.63, 3.8) is 0 Å². The van der Waals surface area contributed by atoms with E-state index in [1.54, 1.807) is 10.7 Å². The molecule has 0 spiro atoms. The molecule has 5 heteroatoms. The van der Waals surface area contributed by atoms with Crippen molar-refractivity contribution in [3.05, 3.63) is 46.4 Å². The van der Waals surface area contributed by atoms with Crippen molar-refractivity contribution < 1.29 is 0 Å². The molecule has 0 bridgehead atoms. The lowest BCUT2D eigenvalue weighted by atomic mass is 10.4. The van der Waals surface area contributed by atoms with Crippen molar-refractivity contribution in [2.45, 2.75) is 13.5 Å². The van der Waals surface area contributed by atoms with Crippen LogP contribution in [0.1, 0.15) is 9.75 Å². The average molecular weight is 258 g/mol. The summed E-state index contributed by atoms with van der Waals surface area (Å²) in [4.78, 5) is 9.42.